The highest BCUT2D eigenvalue weighted by Crippen LogP contribution is 2.39. The Bertz CT molecular complexity index is 638. The van der Waals surface area contributed by atoms with Crippen molar-refractivity contribution >= 4 is 11.8 Å². The Morgan fingerprint density at radius 1 is 1.47 bits per heavy atom. The van der Waals surface area contributed by atoms with Gasteiger partial charge in [-0.1, -0.05) is 5.16 Å². The normalized spacial score (nSPS) is 18.4. The van der Waals surface area contributed by atoms with Gasteiger partial charge < -0.3 is 4.52 Å². The Kier molecular flexibility index (Phi) is 3.26. The minimum absolute atomic E-state index is 0.371. The Hall–Kier alpha value is -1.80. The first kappa shape index (κ1) is 12.2. The zero-order chi connectivity index (χ0) is 13.2. The molecule has 0 saturated carbocycles. The number of hydrogen-bond acceptors (Lipinski definition) is 5. The molecule has 1 unspecified atom stereocenters. The lowest BCUT2D eigenvalue weighted by molar-refractivity contribution is 0.421. The molecule has 4 nitrogen and oxygen atoms in total. The van der Waals surface area contributed by atoms with Gasteiger partial charge in [-0.2, -0.15) is 22.0 Å². The number of aryl methyl sites for hydroxylation is 1. The van der Waals surface area contributed by atoms with E-state index in [1.165, 1.54) is 12.2 Å². The molecule has 3 rings (SSSR count). The molecule has 0 amide bonds. The number of thioether (sulfide) groups is 1. The van der Waals surface area contributed by atoms with E-state index >= 15 is 0 Å². The third-order valence-corrected chi connectivity index (χ3v) is 4.62. The molecule has 1 aliphatic heterocycles. The van der Waals surface area contributed by atoms with E-state index in [1.54, 1.807) is 6.07 Å². The van der Waals surface area contributed by atoms with Crippen molar-refractivity contribution in [2.45, 2.75) is 25.0 Å². The van der Waals surface area contributed by atoms with Gasteiger partial charge in [0.15, 0.2) is 5.82 Å². The van der Waals surface area contributed by atoms with Crippen LogP contribution in [0.5, 0.6) is 0 Å². The van der Waals surface area contributed by atoms with E-state index in [4.69, 9.17) is 9.78 Å². The van der Waals surface area contributed by atoms with E-state index in [0.29, 0.717) is 16.7 Å². The van der Waals surface area contributed by atoms with E-state index < -0.39 is 0 Å². The molecule has 0 radical (unpaired) electrons. The monoisotopic (exact) mass is 271 g/mol. The molecule has 96 valence electrons. The Labute approximate surface area is 115 Å². The van der Waals surface area contributed by atoms with Gasteiger partial charge in [0.2, 0.25) is 0 Å². The highest BCUT2D eigenvalue weighted by molar-refractivity contribution is 7.99. The summed E-state index contributed by atoms with van der Waals surface area (Å²) in [4.78, 5) is 4.50. The summed E-state index contributed by atoms with van der Waals surface area (Å²) in [5.74, 6) is 2.51. The van der Waals surface area contributed by atoms with Crippen LogP contribution in [-0.2, 0) is 0 Å². The molecule has 1 saturated heterocycles. The molecule has 1 aliphatic rings. The van der Waals surface area contributed by atoms with Crippen LogP contribution < -0.4 is 0 Å². The molecule has 19 heavy (non-hydrogen) atoms. The van der Waals surface area contributed by atoms with E-state index in [2.05, 4.69) is 16.2 Å². The fourth-order valence-electron chi connectivity index (χ4n) is 2.23. The zero-order valence-electron chi connectivity index (χ0n) is 10.6. The minimum Gasteiger partial charge on any atom is -0.334 e. The number of hydrogen-bond donors (Lipinski definition) is 0. The van der Waals surface area contributed by atoms with Crippen LogP contribution in [-0.4, -0.2) is 15.9 Å². The van der Waals surface area contributed by atoms with E-state index in [9.17, 15) is 0 Å². The topological polar surface area (TPSA) is 62.7 Å². The van der Waals surface area contributed by atoms with Crippen molar-refractivity contribution in [1.82, 2.24) is 10.1 Å². The summed E-state index contributed by atoms with van der Waals surface area (Å²) in [7, 11) is 0. The first-order valence-corrected chi connectivity index (χ1v) is 7.29. The average molecular weight is 271 g/mol. The van der Waals surface area contributed by atoms with Crippen molar-refractivity contribution in [2.75, 3.05) is 5.75 Å². The van der Waals surface area contributed by atoms with Gasteiger partial charge >= 0.3 is 0 Å². The Balaban J connectivity index is 1.92. The van der Waals surface area contributed by atoms with E-state index in [0.717, 1.165) is 23.4 Å². The van der Waals surface area contributed by atoms with Crippen molar-refractivity contribution in [3.05, 3.63) is 35.2 Å². The third kappa shape index (κ3) is 2.36. The molecule has 0 aliphatic carbocycles. The van der Waals surface area contributed by atoms with Gasteiger partial charge in [0, 0.05) is 5.56 Å². The van der Waals surface area contributed by atoms with Gasteiger partial charge in [-0.15, -0.1) is 0 Å². The van der Waals surface area contributed by atoms with Crippen molar-refractivity contribution < 1.29 is 4.52 Å². The van der Waals surface area contributed by atoms with Crippen molar-refractivity contribution in [2.24, 2.45) is 0 Å². The van der Waals surface area contributed by atoms with Crippen LogP contribution in [0, 0.1) is 18.3 Å². The van der Waals surface area contributed by atoms with Crippen LogP contribution in [0.2, 0.25) is 0 Å². The van der Waals surface area contributed by atoms with Crippen molar-refractivity contribution in [3.8, 4) is 17.5 Å². The lowest BCUT2D eigenvalue weighted by Crippen LogP contribution is -1.91. The van der Waals surface area contributed by atoms with Gasteiger partial charge in [-0.3, -0.25) is 0 Å². The quantitative estimate of drug-likeness (QED) is 0.836. The summed E-state index contributed by atoms with van der Waals surface area (Å²) < 4.78 is 5.36. The first-order chi connectivity index (χ1) is 9.28. The molecule has 2 heterocycles. The predicted octanol–water partition coefficient (Wildman–Crippen LogP) is 3.48. The molecule has 2 aromatic rings. The molecular weight excluding hydrogens is 258 g/mol. The standard InChI is InChI=1S/C14H13N3OS/c1-9-7-10(8-15)4-5-11(9)14-16-13(17-18-14)12-3-2-6-19-12/h4-5,7,12H,2-3,6H2,1H3. The summed E-state index contributed by atoms with van der Waals surface area (Å²) in [6.07, 6.45) is 2.34. The van der Waals surface area contributed by atoms with Gasteiger partial charge in [0.05, 0.1) is 16.9 Å². The summed E-state index contributed by atoms with van der Waals surface area (Å²) >= 11 is 1.89. The maximum atomic E-state index is 8.87. The number of benzene rings is 1. The summed E-state index contributed by atoms with van der Waals surface area (Å²) in [6.45, 7) is 1.95. The van der Waals surface area contributed by atoms with Crippen LogP contribution in [0.4, 0.5) is 0 Å². The number of rotatable bonds is 2. The Morgan fingerprint density at radius 2 is 2.37 bits per heavy atom. The largest absolute Gasteiger partial charge is 0.334 e. The minimum atomic E-state index is 0.371. The molecule has 1 atom stereocenters. The highest BCUT2D eigenvalue weighted by Gasteiger charge is 2.23. The second-order valence-corrected chi connectivity index (χ2v) is 5.91. The highest BCUT2D eigenvalue weighted by atomic mass is 32.2. The maximum absolute atomic E-state index is 8.87. The fraction of sp³-hybridized carbons (Fsp3) is 0.357. The summed E-state index contributed by atoms with van der Waals surface area (Å²) in [5.41, 5.74) is 2.53. The van der Waals surface area contributed by atoms with E-state index in [1.807, 2.05) is 30.8 Å². The molecule has 0 bridgehead atoms. The fourth-order valence-corrected chi connectivity index (χ4v) is 3.43. The van der Waals surface area contributed by atoms with Gasteiger partial charge in [0.25, 0.3) is 5.89 Å². The molecule has 5 heteroatoms. The SMILES string of the molecule is Cc1cc(C#N)ccc1-c1nc(C2CCCS2)no1. The van der Waals surface area contributed by atoms with Crippen molar-refractivity contribution in [3.63, 3.8) is 0 Å². The number of nitrogens with zero attached hydrogens (tertiary/aromatic N) is 3. The smallest absolute Gasteiger partial charge is 0.258 e. The van der Waals surface area contributed by atoms with Crippen LogP contribution >= 0.6 is 11.8 Å². The van der Waals surface area contributed by atoms with Gasteiger partial charge in [-0.25, -0.2) is 0 Å². The van der Waals surface area contributed by atoms with Crippen LogP contribution in [0.15, 0.2) is 22.7 Å². The number of nitriles is 1. The molecular formula is C14H13N3OS. The zero-order valence-corrected chi connectivity index (χ0v) is 11.4. The lowest BCUT2D eigenvalue weighted by Gasteiger charge is -2.01. The van der Waals surface area contributed by atoms with Gasteiger partial charge in [-0.05, 0) is 49.3 Å². The van der Waals surface area contributed by atoms with Crippen molar-refractivity contribution in [1.29, 1.82) is 5.26 Å². The van der Waals surface area contributed by atoms with Gasteiger partial charge in [0.1, 0.15) is 0 Å². The third-order valence-electron chi connectivity index (χ3n) is 3.25. The molecule has 0 spiro atoms. The Morgan fingerprint density at radius 3 is 3.05 bits per heavy atom. The summed E-state index contributed by atoms with van der Waals surface area (Å²) in [5, 5.41) is 13.3. The molecule has 1 fully saturated rings. The van der Waals surface area contributed by atoms with Crippen LogP contribution in [0.1, 0.15) is 35.0 Å². The van der Waals surface area contributed by atoms with Crippen LogP contribution in [0.3, 0.4) is 0 Å². The second-order valence-electron chi connectivity index (χ2n) is 4.60. The predicted molar refractivity (Wildman–Crippen MR) is 73.6 cm³/mol. The average Bonchev–Trinajstić information content (AvgIpc) is 3.09. The van der Waals surface area contributed by atoms with E-state index in [-0.39, 0.29) is 0 Å². The molecule has 0 N–H and O–H groups in total. The summed E-state index contributed by atoms with van der Waals surface area (Å²) in [6, 6.07) is 7.61. The van der Waals surface area contributed by atoms with Crippen LogP contribution in [0.25, 0.3) is 11.5 Å². The molecule has 1 aromatic carbocycles. The molecule has 1 aromatic heterocycles. The lowest BCUT2D eigenvalue weighted by atomic mass is 10.1. The first-order valence-electron chi connectivity index (χ1n) is 6.24. The maximum Gasteiger partial charge on any atom is 0.258 e. The second kappa shape index (κ2) is 5.06. The number of aromatic nitrogens is 2.